The van der Waals surface area contributed by atoms with Crippen LogP contribution in [0.2, 0.25) is 0 Å². The molecule has 0 unspecified atom stereocenters. The van der Waals surface area contributed by atoms with Crippen LogP contribution in [0, 0.1) is 0 Å². The Morgan fingerprint density at radius 1 is 0.469 bits per heavy atom. The number of rotatable bonds is 4. The molecule has 8 aromatic carbocycles. The van der Waals surface area contributed by atoms with Crippen LogP contribution in [0.5, 0.6) is 0 Å². The molecule has 0 bridgehead atoms. The van der Waals surface area contributed by atoms with Crippen LogP contribution in [0.25, 0.3) is 64.0 Å². The van der Waals surface area contributed by atoms with E-state index in [0.717, 1.165) is 5.69 Å². The van der Waals surface area contributed by atoms with Gasteiger partial charge in [-0.2, -0.15) is 0 Å². The molecular formula is C47H33NS. The average Bonchev–Trinajstić information content (AvgIpc) is 3.65. The summed E-state index contributed by atoms with van der Waals surface area (Å²) in [6, 6.07) is 60.7. The van der Waals surface area contributed by atoms with Crippen molar-refractivity contribution in [2.75, 3.05) is 4.90 Å². The maximum absolute atomic E-state index is 2.52. The highest BCUT2D eigenvalue weighted by Gasteiger charge is 2.37. The Labute approximate surface area is 290 Å². The highest BCUT2D eigenvalue weighted by Crippen LogP contribution is 2.55. The highest BCUT2D eigenvalue weighted by molar-refractivity contribution is 7.26. The summed E-state index contributed by atoms with van der Waals surface area (Å²) in [4.78, 5) is 2.52. The van der Waals surface area contributed by atoms with Gasteiger partial charge in [-0.1, -0.05) is 141 Å². The van der Waals surface area contributed by atoms with Gasteiger partial charge in [0.25, 0.3) is 0 Å². The molecule has 232 valence electrons. The Morgan fingerprint density at radius 3 is 2.08 bits per heavy atom. The van der Waals surface area contributed by atoms with Gasteiger partial charge < -0.3 is 4.90 Å². The highest BCUT2D eigenvalue weighted by atomic mass is 32.1. The van der Waals surface area contributed by atoms with Crippen molar-refractivity contribution in [3.63, 3.8) is 0 Å². The molecular weight excluding hydrogens is 611 g/mol. The van der Waals surface area contributed by atoms with Crippen LogP contribution in [0.3, 0.4) is 0 Å². The van der Waals surface area contributed by atoms with Gasteiger partial charge in [0, 0.05) is 47.6 Å². The summed E-state index contributed by atoms with van der Waals surface area (Å²) >= 11 is 1.90. The second kappa shape index (κ2) is 10.7. The minimum Gasteiger partial charge on any atom is -0.309 e. The molecule has 1 aliphatic carbocycles. The number of hydrogen-bond donors (Lipinski definition) is 0. The van der Waals surface area contributed by atoms with Gasteiger partial charge in [-0.25, -0.2) is 0 Å². The number of fused-ring (bicyclic) bond motifs is 9. The molecule has 9 aromatic rings. The Morgan fingerprint density at radius 2 is 1.14 bits per heavy atom. The van der Waals surface area contributed by atoms with Crippen LogP contribution in [0.4, 0.5) is 17.1 Å². The number of hydrogen-bond acceptors (Lipinski definition) is 2. The summed E-state index contributed by atoms with van der Waals surface area (Å²) in [6.45, 7) is 4.73. The van der Waals surface area contributed by atoms with Crippen molar-refractivity contribution in [1.82, 2.24) is 0 Å². The lowest BCUT2D eigenvalue weighted by Gasteiger charge is -2.30. The number of nitrogens with zero attached hydrogens (tertiary/aromatic N) is 1. The minimum absolute atomic E-state index is 0.0947. The molecule has 0 saturated heterocycles. The van der Waals surface area contributed by atoms with Gasteiger partial charge >= 0.3 is 0 Å². The molecule has 2 heteroatoms. The van der Waals surface area contributed by atoms with Gasteiger partial charge in [0.1, 0.15) is 0 Å². The van der Waals surface area contributed by atoms with E-state index in [9.17, 15) is 0 Å². The Hall–Kier alpha value is -5.70. The van der Waals surface area contributed by atoms with Crippen LogP contribution in [0.15, 0.2) is 164 Å². The van der Waals surface area contributed by atoms with E-state index in [-0.39, 0.29) is 5.41 Å². The second-order valence-corrected chi connectivity index (χ2v) is 14.8. The fraction of sp³-hybridized carbons (Fsp3) is 0.0638. The van der Waals surface area contributed by atoms with E-state index in [4.69, 9.17) is 0 Å². The van der Waals surface area contributed by atoms with Gasteiger partial charge in [0.2, 0.25) is 0 Å². The first kappa shape index (κ1) is 28.3. The standard InChI is InChI=1S/C47H33NS/c1-47(2)40-19-7-5-17-39(40)45-41(47)20-11-22-43(45)48(34-15-9-14-32(29-34)33-25-24-30-12-3-4-13-31(30)28-33)42-21-10-18-37-35(42)26-27-38-36-16-6-8-23-44(36)49-46(37)38/h3-29H,1-2H3. The largest absolute Gasteiger partial charge is 0.309 e. The molecule has 1 heterocycles. The molecule has 1 aromatic heterocycles. The summed E-state index contributed by atoms with van der Waals surface area (Å²) in [5.41, 5.74) is 11.2. The van der Waals surface area contributed by atoms with E-state index < -0.39 is 0 Å². The van der Waals surface area contributed by atoms with Gasteiger partial charge in [0.15, 0.2) is 0 Å². The lowest BCUT2D eigenvalue weighted by molar-refractivity contribution is 0.660. The van der Waals surface area contributed by atoms with Crippen molar-refractivity contribution >= 4 is 70.1 Å². The molecule has 49 heavy (non-hydrogen) atoms. The van der Waals surface area contributed by atoms with E-state index in [2.05, 4.69) is 183 Å². The third-order valence-electron chi connectivity index (χ3n) is 10.6. The Bertz CT molecular complexity index is 2770. The predicted octanol–water partition coefficient (Wildman–Crippen LogP) is 13.8. The number of benzene rings is 8. The number of thiophene rings is 1. The van der Waals surface area contributed by atoms with Crippen molar-refractivity contribution in [3.8, 4) is 22.3 Å². The predicted molar refractivity (Wildman–Crippen MR) is 212 cm³/mol. The zero-order valence-corrected chi connectivity index (χ0v) is 28.3. The molecule has 1 aliphatic rings. The maximum atomic E-state index is 2.52. The summed E-state index contributed by atoms with van der Waals surface area (Å²) in [5.74, 6) is 0. The molecule has 0 spiro atoms. The smallest absolute Gasteiger partial charge is 0.0543 e. The molecule has 0 aliphatic heterocycles. The summed E-state index contributed by atoms with van der Waals surface area (Å²) in [6.07, 6.45) is 0. The normalized spacial score (nSPS) is 13.3. The molecule has 1 nitrogen and oxygen atoms in total. The quantitative estimate of drug-likeness (QED) is 0.184. The third-order valence-corrected chi connectivity index (χ3v) is 11.9. The molecule has 0 fully saturated rings. The van der Waals surface area contributed by atoms with Crippen molar-refractivity contribution in [2.45, 2.75) is 19.3 Å². The van der Waals surface area contributed by atoms with Crippen LogP contribution in [-0.4, -0.2) is 0 Å². The SMILES string of the molecule is CC1(C)c2ccccc2-c2c(N(c3cccc(-c4ccc5ccccc5c4)c3)c3cccc4c3ccc3c5ccccc5sc43)cccc21. The van der Waals surface area contributed by atoms with Gasteiger partial charge in [-0.3, -0.25) is 0 Å². The minimum atomic E-state index is -0.0947. The monoisotopic (exact) mass is 643 g/mol. The zero-order chi connectivity index (χ0) is 32.7. The first-order valence-electron chi connectivity index (χ1n) is 17.0. The molecule has 0 atom stereocenters. The van der Waals surface area contributed by atoms with Crippen LogP contribution in [0.1, 0.15) is 25.0 Å². The molecule has 0 amide bonds. The van der Waals surface area contributed by atoms with Crippen LogP contribution >= 0.6 is 11.3 Å². The van der Waals surface area contributed by atoms with E-state index in [1.807, 2.05) is 11.3 Å². The maximum Gasteiger partial charge on any atom is 0.0543 e. The Kier molecular flexibility index (Phi) is 6.16. The first-order chi connectivity index (χ1) is 24.1. The van der Waals surface area contributed by atoms with Crippen molar-refractivity contribution in [3.05, 3.63) is 175 Å². The molecule has 0 radical (unpaired) electrons. The third kappa shape index (κ3) is 4.24. The lowest BCUT2D eigenvalue weighted by atomic mass is 9.82. The van der Waals surface area contributed by atoms with E-state index in [0.29, 0.717) is 0 Å². The first-order valence-corrected chi connectivity index (χ1v) is 17.8. The lowest BCUT2D eigenvalue weighted by Crippen LogP contribution is -2.16. The van der Waals surface area contributed by atoms with Crippen molar-refractivity contribution in [1.29, 1.82) is 0 Å². The topological polar surface area (TPSA) is 3.24 Å². The van der Waals surface area contributed by atoms with Crippen LogP contribution < -0.4 is 4.90 Å². The summed E-state index contributed by atoms with van der Waals surface area (Å²) in [5, 5.41) is 7.71. The zero-order valence-electron chi connectivity index (χ0n) is 27.4. The average molecular weight is 644 g/mol. The van der Waals surface area contributed by atoms with E-state index in [1.165, 1.54) is 86.5 Å². The van der Waals surface area contributed by atoms with Gasteiger partial charge in [-0.15, -0.1) is 11.3 Å². The van der Waals surface area contributed by atoms with E-state index >= 15 is 0 Å². The van der Waals surface area contributed by atoms with Gasteiger partial charge in [-0.05, 0) is 75.0 Å². The van der Waals surface area contributed by atoms with Crippen molar-refractivity contribution in [2.24, 2.45) is 0 Å². The summed E-state index contributed by atoms with van der Waals surface area (Å²) in [7, 11) is 0. The van der Waals surface area contributed by atoms with E-state index in [1.54, 1.807) is 0 Å². The van der Waals surface area contributed by atoms with Crippen LogP contribution in [-0.2, 0) is 5.41 Å². The molecule has 0 saturated carbocycles. The fourth-order valence-corrected chi connectivity index (χ4v) is 9.47. The Balaban J connectivity index is 1.25. The van der Waals surface area contributed by atoms with Crippen molar-refractivity contribution < 1.29 is 0 Å². The fourth-order valence-electron chi connectivity index (χ4n) is 8.24. The number of anilines is 3. The van der Waals surface area contributed by atoms with Gasteiger partial charge in [0.05, 0.1) is 11.4 Å². The second-order valence-electron chi connectivity index (χ2n) is 13.7. The molecule has 10 rings (SSSR count). The molecule has 0 N–H and O–H groups in total. The summed E-state index contributed by atoms with van der Waals surface area (Å²) < 4.78 is 2.67.